The molecule has 2 aliphatic heterocycles. The molecule has 1 aromatic rings. The van der Waals surface area contributed by atoms with Gasteiger partial charge in [-0.15, -0.1) is 11.3 Å². The first-order valence-corrected chi connectivity index (χ1v) is 8.93. The Morgan fingerprint density at radius 2 is 2.00 bits per heavy atom. The molecule has 2 N–H and O–H groups in total. The summed E-state index contributed by atoms with van der Waals surface area (Å²) in [6.45, 7) is 5.21. The summed E-state index contributed by atoms with van der Waals surface area (Å²) in [5.74, 6) is -0.413. The van der Waals surface area contributed by atoms with Crippen LogP contribution in [0.3, 0.4) is 0 Å². The summed E-state index contributed by atoms with van der Waals surface area (Å²) in [5.41, 5.74) is 5.71. The Hall–Kier alpha value is -1.40. The number of likely N-dealkylation sites (N-methyl/N-ethyl adjacent to an activating group) is 1. The number of nitrogens with zero attached hydrogens (tertiary/aromatic N) is 2. The van der Waals surface area contributed by atoms with E-state index < -0.39 is 5.91 Å². The molecule has 5 nitrogen and oxygen atoms in total. The van der Waals surface area contributed by atoms with Gasteiger partial charge < -0.3 is 10.6 Å². The first-order valence-electron chi connectivity index (χ1n) is 8.05. The van der Waals surface area contributed by atoms with Gasteiger partial charge >= 0.3 is 0 Å². The molecule has 22 heavy (non-hydrogen) atoms. The van der Waals surface area contributed by atoms with Crippen LogP contribution in [0.1, 0.15) is 52.6 Å². The van der Waals surface area contributed by atoms with E-state index in [0.29, 0.717) is 22.5 Å². The Balaban J connectivity index is 1.77. The fourth-order valence-corrected chi connectivity index (χ4v) is 4.70. The van der Waals surface area contributed by atoms with Gasteiger partial charge in [-0.25, -0.2) is 0 Å². The second-order valence-electron chi connectivity index (χ2n) is 6.11. The highest BCUT2D eigenvalue weighted by atomic mass is 32.1. The SMILES string of the molecule is CCN1CCC[C@@H]1[C@@H]1CCCN1C(=O)c1cc(C(N)=O)cs1. The van der Waals surface area contributed by atoms with E-state index >= 15 is 0 Å². The van der Waals surface area contributed by atoms with Crippen LogP contribution in [0.2, 0.25) is 0 Å². The third kappa shape index (κ3) is 2.77. The summed E-state index contributed by atoms with van der Waals surface area (Å²) in [6.07, 6.45) is 4.56. The molecule has 0 aliphatic carbocycles. The molecule has 0 aromatic carbocycles. The number of hydrogen-bond donors (Lipinski definition) is 1. The largest absolute Gasteiger partial charge is 0.366 e. The lowest BCUT2D eigenvalue weighted by Crippen LogP contribution is -2.48. The molecule has 0 unspecified atom stereocenters. The zero-order valence-corrected chi connectivity index (χ0v) is 13.8. The molecule has 2 amide bonds. The van der Waals surface area contributed by atoms with E-state index in [4.69, 9.17) is 5.73 Å². The third-order valence-electron chi connectivity index (χ3n) is 4.92. The number of likely N-dealkylation sites (tertiary alicyclic amines) is 2. The van der Waals surface area contributed by atoms with Crippen molar-refractivity contribution in [3.63, 3.8) is 0 Å². The highest BCUT2D eigenvalue weighted by Crippen LogP contribution is 2.31. The number of thiophene rings is 1. The lowest BCUT2D eigenvalue weighted by molar-refractivity contribution is 0.0655. The molecule has 0 radical (unpaired) electrons. The monoisotopic (exact) mass is 321 g/mol. The first kappa shape index (κ1) is 15.5. The summed E-state index contributed by atoms with van der Waals surface area (Å²) in [5, 5.41) is 1.68. The number of rotatable bonds is 4. The Bertz CT molecular complexity index is 571. The van der Waals surface area contributed by atoms with Crippen molar-refractivity contribution in [2.24, 2.45) is 5.73 Å². The van der Waals surface area contributed by atoms with Crippen molar-refractivity contribution >= 4 is 23.2 Å². The van der Waals surface area contributed by atoms with Gasteiger partial charge in [0.05, 0.1) is 10.4 Å². The fraction of sp³-hybridized carbons (Fsp3) is 0.625. The minimum atomic E-state index is -0.471. The van der Waals surface area contributed by atoms with Crippen molar-refractivity contribution in [2.45, 2.75) is 44.7 Å². The molecule has 2 aliphatic rings. The van der Waals surface area contributed by atoms with Gasteiger partial charge in [0.15, 0.2) is 0 Å². The average Bonchev–Trinajstić information content (AvgIpc) is 3.23. The first-order chi connectivity index (χ1) is 10.6. The highest BCUT2D eigenvalue weighted by Gasteiger charge is 2.39. The fourth-order valence-electron chi connectivity index (χ4n) is 3.84. The minimum absolute atomic E-state index is 0.0583. The van der Waals surface area contributed by atoms with E-state index in [1.54, 1.807) is 11.4 Å². The number of primary amides is 1. The van der Waals surface area contributed by atoms with E-state index in [1.807, 2.05) is 4.90 Å². The van der Waals surface area contributed by atoms with Crippen LogP contribution in [0.15, 0.2) is 11.4 Å². The Morgan fingerprint density at radius 1 is 1.27 bits per heavy atom. The van der Waals surface area contributed by atoms with E-state index in [2.05, 4.69) is 11.8 Å². The van der Waals surface area contributed by atoms with Crippen molar-refractivity contribution in [1.82, 2.24) is 9.80 Å². The number of hydrogen-bond acceptors (Lipinski definition) is 4. The second kappa shape index (κ2) is 6.38. The second-order valence-corrected chi connectivity index (χ2v) is 7.02. The van der Waals surface area contributed by atoms with Gasteiger partial charge in [-0.05, 0) is 44.8 Å². The summed E-state index contributed by atoms with van der Waals surface area (Å²) >= 11 is 1.32. The minimum Gasteiger partial charge on any atom is -0.366 e. The van der Waals surface area contributed by atoms with Gasteiger partial charge in [-0.3, -0.25) is 14.5 Å². The molecular weight excluding hydrogens is 298 g/mol. The van der Waals surface area contributed by atoms with Crippen molar-refractivity contribution in [2.75, 3.05) is 19.6 Å². The number of carbonyl (C=O) groups is 2. The zero-order valence-electron chi connectivity index (χ0n) is 13.0. The van der Waals surface area contributed by atoms with Crippen LogP contribution in [-0.4, -0.2) is 53.3 Å². The van der Waals surface area contributed by atoms with Gasteiger partial charge in [0.1, 0.15) is 0 Å². The lowest BCUT2D eigenvalue weighted by atomic mass is 10.0. The van der Waals surface area contributed by atoms with Crippen LogP contribution in [0.4, 0.5) is 0 Å². The van der Waals surface area contributed by atoms with Crippen LogP contribution < -0.4 is 5.73 Å². The number of amides is 2. The highest BCUT2D eigenvalue weighted by molar-refractivity contribution is 7.12. The van der Waals surface area contributed by atoms with Crippen molar-refractivity contribution in [1.29, 1.82) is 0 Å². The number of carbonyl (C=O) groups excluding carboxylic acids is 2. The predicted molar refractivity (Wildman–Crippen MR) is 87.2 cm³/mol. The van der Waals surface area contributed by atoms with Crippen LogP contribution in [0.5, 0.6) is 0 Å². The molecule has 1 aromatic heterocycles. The van der Waals surface area contributed by atoms with Crippen LogP contribution >= 0.6 is 11.3 Å². The van der Waals surface area contributed by atoms with E-state index in [9.17, 15) is 9.59 Å². The standard InChI is InChI=1S/C16H23N3O2S/c1-2-18-7-3-5-12(18)13-6-4-8-19(13)16(21)14-9-11(10-22-14)15(17)20/h9-10,12-13H,2-8H2,1H3,(H2,17,20)/t12-,13+/m1/s1. The predicted octanol–water partition coefficient (Wildman–Crippen LogP) is 1.94. The quantitative estimate of drug-likeness (QED) is 0.921. The van der Waals surface area contributed by atoms with Crippen molar-refractivity contribution in [3.05, 3.63) is 21.9 Å². The third-order valence-corrected chi connectivity index (χ3v) is 5.84. The van der Waals surface area contributed by atoms with Crippen LogP contribution in [0, 0.1) is 0 Å². The number of nitrogens with two attached hydrogens (primary N) is 1. The van der Waals surface area contributed by atoms with Crippen LogP contribution in [-0.2, 0) is 0 Å². The van der Waals surface area contributed by atoms with Gasteiger partial charge in [0, 0.05) is 24.0 Å². The van der Waals surface area contributed by atoms with Crippen LogP contribution in [0.25, 0.3) is 0 Å². The molecule has 6 heteroatoms. The van der Waals surface area contributed by atoms with Gasteiger partial charge in [0.2, 0.25) is 5.91 Å². The van der Waals surface area contributed by atoms with E-state index in [0.717, 1.165) is 32.5 Å². The Labute approximate surface area is 135 Å². The molecule has 2 fully saturated rings. The van der Waals surface area contributed by atoms with E-state index in [-0.39, 0.29) is 5.91 Å². The molecule has 120 valence electrons. The lowest BCUT2D eigenvalue weighted by Gasteiger charge is -2.34. The smallest absolute Gasteiger partial charge is 0.264 e. The molecular formula is C16H23N3O2S. The molecule has 0 saturated carbocycles. The Morgan fingerprint density at radius 3 is 2.68 bits per heavy atom. The maximum atomic E-state index is 12.8. The Kier molecular flexibility index (Phi) is 4.49. The summed E-state index contributed by atoms with van der Waals surface area (Å²) in [4.78, 5) is 29.2. The van der Waals surface area contributed by atoms with Gasteiger partial charge in [-0.1, -0.05) is 6.92 Å². The van der Waals surface area contributed by atoms with Gasteiger partial charge in [0.25, 0.3) is 5.91 Å². The summed E-state index contributed by atoms with van der Waals surface area (Å²) in [7, 11) is 0. The molecule has 0 spiro atoms. The summed E-state index contributed by atoms with van der Waals surface area (Å²) < 4.78 is 0. The molecule has 2 atom stereocenters. The maximum absolute atomic E-state index is 12.8. The maximum Gasteiger partial charge on any atom is 0.264 e. The van der Waals surface area contributed by atoms with E-state index in [1.165, 1.54) is 24.2 Å². The van der Waals surface area contributed by atoms with Gasteiger partial charge in [-0.2, -0.15) is 0 Å². The topological polar surface area (TPSA) is 66.6 Å². The molecule has 2 saturated heterocycles. The zero-order chi connectivity index (χ0) is 15.7. The molecule has 3 heterocycles. The molecule has 0 bridgehead atoms. The van der Waals surface area contributed by atoms with Crippen molar-refractivity contribution in [3.8, 4) is 0 Å². The average molecular weight is 321 g/mol. The molecule has 3 rings (SSSR count). The van der Waals surface area contributed by atoms with Crippen molar-refractivity contribution < 1.29 is 9.59 Å². The summed E-state index contributed by atoms with van der Waals surface area (Å²) in [6, 6.07) is 2.44. The normalized spacial score (nSPS) is 25.8.